The van der Waals surface area contributed by atoms with Crippen LogP contribution in [-0.4, -0.2) is 21.8 Å². The zero-order chi connectivity index (χ0) is 12.3. The zero-order valence-corrected chi connectivity index (χ0v) is 9.94. The van der Waals surface area contributed by atoms with E-state index in [2.05, 4.69) is 15.5 Å². The highest BCUT2D eigenvalue weighted by Crippen LogP contribution is 2.09. The maximum absolute atomic E-state index is 12.7. The smallest absolute Gasteiger partial charge is 0.224 e. The molecule has 0 saturated carbocycles. The van der Waals surface area contributed by atoms with Crippen molar-refractivity contribution in [3.63, 3.8) is 0 Å². The van der Waals surface area contributed by atoms with Crippen molar-refractivity contribution in [2.24, 2.45) is 7.05 Å². The van der Waals surface area contributed by atoms with E-state index in [4.69, 9.17) is 0 Å². The lowest BCUT2D eigenvalue weighted by Crippen LogP contribution is -2.03. The van der Waals surface area contributed by atoms with Gasteiger partial charge >= 0.3 is 0 Å². The number of nitrogens with one attached hydrogen (secondary N) is 1. The summed E-state index contributed by atoms with van der Waals surface area (Å²) in [6, 6.07) is 6.55. The second-order valence-electron chi connectivity index (χ2n) is 3.88. The van der Waals surface area contributed by atoms with Crippen molar-refractivity contribution in [2.45, 2.75) is 12.8 Å². The van der Waals surface area contributed by atoms with Crippen molar-refractivity contribution < 1.29 is 4.39 Å². The van der Waals surface area contributed by atoms with E-state index in [1.54, 1.807) is 12.1 Å². The standard InChI is InChI=1S/C12H15FN4/c1-14-12-16-15-11(17(12)2)8-5-9-3-6-10(13)7-4-9/h3-4,6-7H,5,8H2,1-2H3,(H,14,16). The van der Waals surface area contributed by atoms with Crippen LogP contribution in [0.4, 0.5) is 10.3 Å². The van der Waals surface area contributed by atoms with E-state index in [1.165, 1.54) is 12.1 Å². The number of aryl methyl sites for hydroxylation is 2. The van der Waals surface area contributed by atoms with Gasteiger partial charge in [-0.2, -0.15) is 0 Å². The average Bonchev–Trinajstić information content (AvgIpc) is 2.69. The molecule has 0 fully saturated rings. The first kappa shape index (κ1) is 11.6. The van der Waals surface area contributed by atoms with Gasteiger partial charge in [0.05, 0.1) is 0 Å². The minimum Gasteiger partial charge on any atom is -0.357 e. The monoisotopic (exact) mass is 234 g/mol. The Labute approximate surface area is 99.5 Å². The third-order valence-electron chi connectivity index (χ3n) is 2.74. The van der Waals surface area contributed by atoms with E-state index in [-0.39, 0.29) is 5.82 Å². The van der Waals surface area contributed by atoms with Crippen LogP contribution in [0, 0.1) is 5.82 Å². The average molecular weight is 234 g/mol. The highest BCUT2D eigenvalue weighted by molar-refractivity contribution is 5.24. The normalized spacial score (nSPS) is 10.5. The van der Waals surface area contributed by atoms with Crippen LogP contribution >= 0.6 is 0 Å². The first-order valence-corrected chi connectivity index (χ1v) is 5.51. The van der Waals surface area contributed by atoms with E-state index in [1.807, 2.05) is 18.7 Å². The Hall–Kier alpha value is -1.91. The molecule has 0 aliphatic rings. The van der Waals surface area contributed by atoms with Crippen LogP contribution in [0.15, 0.2) is 24.3 Å². The summed E-state index contributed by atoms with van der Waals surface area (Å²) in [6.07, 6.45) is 1.62. The molecule has 1 N–H and O–H groups in total. The van der Waals surface area contributed by atoms with Crippen LogP contribution in [0.5, 0.6) is 0 Å². The van der Waals surface area contributed by atoms with Gasteiger partial charge in [-0.25, -0.2) is 4.39 Å². The Balaban J connectivity index is 2.02. The molecule has 0 aliphatic carbocycles. The Morgan fingerprint density at radius 2 is 1.88 bits per heavy atom. The third-order valence-corrected chi connectivity index (χ3v) is 2.74. The molecule has 0 atom stereocenters. The van der Waals surface area contributed by atoms with Crippen LogP contribution in [0.1, 0.15) is 11.4 Å². The van der Waals surface area contributed by atoms with E-state index >= 15 is 0 Å². The molecule has 4 nitrogen and oxygen atoms in total. The molecule has 0 aliphatic heterocycles. The zero-order valence-electron chi connectivity index (χ0n) is 9.94. The number of anilines is 1. The molecule has 0 radical (unpaired) electrons. The van der Waals surface area contributed by atoms with E-state index < -0.39 is 0 Å². The molecule has 1 heterocycles. The van der Waals surface area contributed by atoms with Gasteiger partial charge in [-0.3, -0.25) is 0 Å². The highest BCUT2D eigenvalue weighted by atomic mass is 19.1. The topological polar surface area (TPSA) is 42.7 Å². The largest absolute Gasteiger partial charge is 0.357 e. The van der Waals surface area contributed by atoms with Gasteiger partial charge in [0.2, 0.25) is 5.95 Å². The SMILES string of the molecule is CNc1nnc(CCc2ccc(F)cc2)n1C. The summed E-state index contributed by atoms with van der Waals surface area (Å²) < 4.78 is 14.6. The molecule has 0 spiro atoms. The quantitative estimate of drug-likeness (QED) is 0.877. The predicted molar refractivity (Wildman–Crippen MR) is 64.4 cm³/mol. The number of hydrogen-bond donors (Lipinski definition) is 1. The van der Waals surface area contributed by atoms with Crippen LogP contribution in [0.3, 0.4) is 0 Å². The lowest BCUT2D eigenvalue weighted by molar-refractivity contribution is 0.626. The molecule has 5 heteroatoms. The second-order valence-corrected chi connectivity index (χ2v) is 3.88. The van der Waals surface area contributed by atoms with Crippen molar-refractivity contribution in [1.29, 1.82) is 0 Å². The number of nitrogens with zero attached hydrogens (tertiary/aromatic N) is 3. The fourth-order valence-corrected chi connectivity index (χ4v) is 1.70. The molecule has 0 amide bonds. The molecule has 1 aromatic heterocycles. The van der Waals surface area contributed by atoms with Crippen molar-refractivity contribution in [2.75, 3.05) is 12.4 Å². The van der Waals surface area contributed by atoms with Gasteiger partial charge in [-0.05, 0) is 24.1 Å². The van der Waals surface area contributed by atoms with Gasteiger partial charge in [-0.1, -0.05) is 12.1 Å². The molecule has 90 valence electrons. The van der Waals surface area contributed by atoms with Crippen LogP contribution in [0.2, 0.25) is 0 Å². The lowest BCUT2D eigenvalue weighted by Gasteiger charge is -2.03. The van der Waals surface area contributed by atoms with E-state index in [9.17, 15) is 4.39 Å². The molecule has 0 saturated heterocycles. The minimum absolute atomic E-state index is 0.204. The molecule has 2 rings (SSSR count). The van der Waals surface area contributed by atoms with Gasteiger partial charge < -0.3 is 9.88 Å². The Morgan fingerprint density at radius 1 is 1.18 bits per heavy atom. The number of benzene rings is 1. The molecule has 1 aromatic carbocycles. The fraction of sp³-hybridized carbons (Fsp3) is 0.333. The first-order chi connectivity index (χ1) is 8.20. The molecule has 0 unspecified atom stereocenters. The molecule has 2 aromatic rings. The summed E-state index contributed by atoms with van der Waals surface area (Å²) in [4.78, 5) is 0. The van der Waals surface area contributed by atoms with E-state index in [0.717, 1.165) is 30.2 Å². The van der Waals surface area contributed by atoms with Gasteiger partial charge in [-0.15, -0.1) is 10.2 Å². The fourth-order valence-electron chi connectivity index (χ4n) is 1.70. The van der Waals surface area contributed by atoms with Gasteiger partial charge in [0.15, 0.2) is 0 Å². The third kappa shape index (κ3) is 2.61. The number of hydrogen-bond acceptors (Lipinski definition) is 3. The van der Waals surface area contributed by atoms with Gasteiger partial charge in [0.1, 0.15) is 11.6 Å². The van der Waals surface area contributed by atoms with Crippen molar-refractivity contribution in [1.82, 2.24) is 14.8 Å². The van der Waals surface area contributed by atoms with Crippen molar-refractivity contribution >= 4 is 5.95 Å². The summed E-state index contributed by atoms with van der Waals surface area (Å²) in [5.41, 5.74) is 1.10. The summed E-state index contributed by atoms with van der Waals surface area (Å²) in [7, 11) is 3.74. The van der Waals surface area contributed by atoms with Crippen LogP contribution < -0.4 is 5.32 Å². The lowest BCUT2D eigenvalue weighted by atomic mass is 10.1. The maximum Gasteiger partial charge on any atom is 0.224 e. The minimum atomic E-state index is -0.204. The number of rotatable bonds is 4. The van der Waals surface area contributed by atoms with Crippen LogP contribution in [0.25, 0.3) is 0 Å². The molecular formula is C12H15FN4. The second kappa shape index (κ2) is 4.95. The Kier molecular flexibility index (Phi) is 3.37. The van der Waals surface area contributed by atoms with Crippen LogP contribution in [-0.2, 0) is 19.9 Å². The van der Waals surface area contributed by atoms with Crippen molar-refractivity contribution in [3.8, 4) is 0 Å². The summed E-state index contributed by atoms with van der Waals surface area (Å²) in [5, 5.41) is 11.1. The maximum atomic E-state index is 12.7. The predicted octanol–water partition coefficient (Wildman–Crippen LogP) is 1.78. The summed E-state index contributed by atoms with van der Waals surface area (Å²) >= 11 is 0. The van der Waals surface area contributed by atoms with Crippen molar-refractivity contribution in [3.05, 3.63) is 41.5 Å². The van der Waals surface area contributed by atoms with Gasteiger partial charge in [0, 0.05) is 20.5 Å². The highest BCUT2D eigenvalue weighted by Gasteiger charge is 2.06. The Bertz CT molecular complexity index is 490. The van der Waals surface area contributed by atoms with Gasteiger partial charge in [0.25, 0.3) is 0 Å². The molecule has 17 heavy (non-hydrogen) atoms. The molecular weight excluding hydrogens is 219 g/mol. The number of aromatic nitrogens is 3. The van der Waals surface area contributed by atoms with E-state index in [0.29, 0.717) is 0 Å². The Morgan fingerprint density at radius 3 is 2.47 bits per heavy atom. The molecule has 0 bridgehead atoms. The summed E-state index contributed by atoms with van der Waals surface area (Å²) in [5.74, 6) is 1.46. The number of halogens is 1. The summed E-state index contributed by atoms with van der Waals surface area (Å²) in [6.45, 7) is 0. The first-order valence-electron chi connectivity index (χ1n) is 5.51.